The summed E-state index contributed by atoms with van der Waals surface area (Å²) in [5.74, 6) is -0.235. The van der Waals surface area contributed by atoms with Gasteiger partial charge in [0.25, 0.3) is 5.91 Å². The Balaban J connectivity index is 1.43. The molecule has 1 N–H and O–H groups in total. The Hall–Kier alpha value is -2.66. The molecule has 0 radical (unpaired) electrons. The Kier molecular flexibility index (Phi) is 6.02. The molecular weight excluding hydrogens is 326 g/mol. The number of hydrogen-bond donors (Lipinski definition) is 1. The van der Waals surface area contributed by atoms with Crippen molar-refractivity contribution >= 4 is 11.8 Å². The molecule has 0 spiro atoms. The number of carbonyl (C=O) groups excluding carboxylic acids is 2. The van der Waals surface area contributed by atoms with Crippen molar-refractivity contribution in [3.05, 3.63) is 71.3 Å². The summed E-state index contributed by atoms with van der Waals surface area (Å²) < 4.78 is 0. The Morgan fingerprint density at radius 2 is 1.69 bits per heavy atom. The molecule has 1 heterocycles. The van der Waals surface area contributed by atoms with Gasteiger partial charge in [0.05, 0.1) is 6.54 Å². The molecule has 1 aliphatic rings. The van der Waals surface area contributed by atoms with Gasteiger partial charge in [-0.15, -0.1) is 0 Å². The molecule has 2 amide bonds. The highest BCUT2D eigenvalue weighted by Gasteiger charge is 2.21. The highest BCUT2D eigenvalue weighted by molar-refractivity contribution is 5.96. The van der Waals surface area contributed by atoms with E-state index in [4.69, 9.17) is 0 Å². The van der Waals surface area contributed by atoms with Crippen LogP contribution < -0.4 is 5.32 Å². The van der Waals surface area contributed by atoms with Crippen molar-refractivity contribution in [1.82, 2.24) is 15.1 Å². The van der Waals surface area contributed by atoms with E-state index in [0.29, 0.717) is 18.7 Å². The smallest absolute Gasteiger partial charge is 0.251 e. The summed E-state index contributed by atoms with van der Waals surface area (Å²) in [6.07, 6.45) is 0. The molecule has 0 aromatic heterocycles. The lowest BCUT2D eigenvalue weighted by molar-refractivity contribution is -0.131. The molecule has 1 saturated heterocycles. The van der Waals surface area contributed by atoms with Gasteiger partial charge in [0.2, 0.25) is 5.91 Å². The van der Waals surface area contributed by atoms with Crippen LogP contribution in [0.1, 0.15) is 21.5 Å². The van der Waals surface area contributed by atoms with Crippen LogP contribution in [-0.2, 0) is 11.3 Å². The van der Waals surface area contributed by atoms with Gasteiger partial charge < -0.3 is 10.2 Å². The fourth-order valence-corrected chi connectivity index (χ4v) is 3.18. The van der Waals surface area contributed by atoms with Crippen molar-refractivity contribution in [3.63, 3.8) is 0 Å². The summed E-state index contributed by atoms with van der Waals surface area (Å²) in [6.45, 7) is 6.17. The van der Waals surface area contributed by atoms with Gasteiger partial charge in [0, 0.05) is 38.3 Å². The first-order valence-electron chi connectivity index (χ1n) is 9.01. The first-order valence-corrected chi connectivity index (χ1v) is 9.01. The number of benzene rings is 2. The number of piperazine rings is 1. The average molecular weight is 351 g/mol. The topological polar surface area (TPSA) is 52.6 Å². The lowest BCUT2D eigenvalue weighted by atomic mass is 10.1. The predicted molar refractivity (Wildman–Crippen MR) is 102 cm³/mol. The quantitative estimate of drug-likeness (QED) is 0.897. The Morgan fingerprint density at radius 3 is 2.38 bits per heavy atom. The first kappa shape index (κ1) is 18.1. The summed E-state index contributed by atoms with van der Waals surface area (Å²) in [5, 5.41) is 2.71. The minimum Gasteiger partial charge on any atom is -0.343 e. The van der Waals surface area contributed by atoms with Gasteiger partial charge in [-0.25, -0.2) is 0 Å². The lowest BCUT2D eigenvalue weighted by Crippen LogP contribution is -2.50. The van der Waals surface area contributed by atoms with Crippen molar-refractivity contribution < 1.29 is 9.59 Å². The molecule has 5 nitrogen and oxygen atoms in total. The molecule has 3 rings (SSSR count). The fourth-order valence-electron chi connectivity index (χ4n) is 3.18. The van der Waals surface area contributed by atoms with Crippen molar-refractivity contribution in [1.29, 1.82) is 0 Å². The highest BCUT2D eigenvalue weighted by Crippen LogP contribution is 2.10. The van der Waals surface area contributed by atoms with Crippen molar-refractivity contribution in [2.75, 3.05) is 32.7 Å². The lowest BCUT2D eigenvalue weighted by Gasteiger charge is -2.34. The molecule has 136 valence electrons. The van der Waals surface area contributed by atoms with E-state index in [0.717, 1.165) is 19.6 Å². The Morgan fingerprint density at radius 1 is 0.962 bits per heavy atom. The largest absolute Gasteiger partial charge is 0.343 e. The summed E-state index contributed by atoms with van der Waals surface area (Å²) in [5.41, 5.74) is 3.15. The van der Waals surface area contributed by atoms with Crippen LogP contribution in [0.2, 0.25) is 0 Å². The van der Waals surface area contributed by atoms with E-state index in [9.17, 15) is 9.59 Å². The normalized spacial score (nSPS) is 14.9. The van der Waals surface area contributed by atoms with Crippen molar-refractivity contribution in [3.8, 4) is 0 Å². The fraction of sp³-hybridized carbons (Fsp3) is 0.333. The second-order valence-corrected chi connectivity index (χ2v) is 6.69. The zero-order chi connectivity index (χ0) is 18.4. The first-order chi connectivity index (χ1) is 12.6. The average Bonchev–Trinajstić information content (AvgIpc) is 2.67. The molecule has 26 heavy (non-hydrogen) atoms. The zero-order valence-electron chi connectivity index (χ0n) is 15.1. The second kappa shape index (κ2) is 8.63. The summed E-state index contributed by atoms with van der Waals surface area (Å²) >= 11 is 0. The van der Waals surface area contributed by atoms with Gasteiger partial charge in [0.15, 0.2) is 0 Å². The van der Waals surface area contributed by atoms with Crippen LogP contribution in [0, 0.1) is 6.92 Å². The van der Waals surface area contributed by atoms with Crippen LogP contribution in [0.3, 0.4) is 0 Å². The maximum atomic E-state index is 12.3. The van der Waals surface area contributed by atoms with E-state index in [1.165, 1.54) is 11.1 Å². The van der Waals surface area contributed by atoms with E-state index < -0.39 is 0 Å². The van der Waals surface area contributed by atoms with Gasteiger partial charge in [0.1, 0.15) is 0 Å². The van der Waals surface area contributed by atoms with Crippen LogP contribution in [0.5, 0.6) is 0 Å². The molecule has 0 saturated carbocycles. The molecule has 0 bridgehead atoms. The molecule has 5 heteroatoms. The van der Waals surface area contributed by atoms with E-state index in [2.05, 4.69) is 41.4 Å². The maximum Gasteiger partial charge on any atom is 0.251 e. The van der Waals surface area contributed by atoms with Crippen LogP contribution in [0.25, 0.3) is 0 Å². The number of aryl methyl sites for hydroxylation is 1. The van der Waals surface area contributed by atoms with Crippen LogP contribution in [0.15, 0.2) is 54.6 Å². The highest BCUT2D eigenvalue weighted by atomic mass is 16.2. The number of amides is 2. The minimum atomic E-state index is -0.211. The summed E-state index contributed by atoms with van der Waals surface area (Å²) in [4.78, 5) is 28.6. The third-order valence-electron chi connectivity index (χ3n) is 4.65. The molecule has 1 aliphatic heterocycles. The molecular formula is C21H25N3O2. The van der Waals surface area contributed by atoms with Crippen molar-refractivity contribution in [2.45, 2.75) is 13.5 Å². The SMILES string of the molecule is Cc1cccc(CN2CCN(C(=O)CNC(=O)c3ccccc3)CC2)c1. The van der Waals surface area contributed by atoms with E-state index in [-0.39, 0.29) is 18.4 Å². The number of rotatable bonds is 5. The van der Waals surface area contributed by atoms with Gasteiger partial charge in [-0.05, 0) is 24.6 Å². The Bertz CT molecular complexity index is 753. The summed E-state index contributed by atoms with van der Waals surface area (Å²) in [7, 11) is 0. The monoisotopic (exact) mass is 351 g/mol. The van der Waals surface area contributed by atoms with Gasteiger partial charge >= 0.3 is 0 Å². The zero-order valence-corrected chi connectivity index (χ0v) is 15.1. The van der Waals surface area contributed by atoms with E-state index in [1.54, 1.807) is 12.1 Å². The number of nitrogens with one attached hydrogen (secondary N) is 1. The van der Waals surface area contributed by atoms with Crippen LogP contribution >= 0.6 is 0 Å². The third-order valence-corrected chi connectivity index (χ3v) is 4.65. The van der Waals surface area contributed by atoms with Crippen LogP contribution in [0.4, 0.5) is 0 Å². The summed E-state index contributed by atoms with van der Waals surface area (Å²) in [6, 6.07) is 17.5. The maximum absolute atomic E-state index is 12.3. The van der Waals surface area contributed by atoms with Gasteiger partial charge in [-0.1, -0.05) is 48.0 Å². The van der Waals surface area contributed by atoms with E-state index in [1.807, 2.05) is 23.1 Å². The third kappa shape index (κ3) is 4.92. The minimum absolute atomic E-state index is 0.0236. The van der Waals surface area contributed by atoms with Gasteiger partial charge in [-0.2, -0.15) is 0 Å². The molecule has 2 aromatic carbocycles. The number of carbonyl (C=O) groups is 2. The number of nitrogens with zero attached hydrogens (tertiary/aromatic N) is 2. The molecule has 0 atom stereocenters. The standard InChI is InChI=1S/C21H25N3O2/c1-17-6-5-7-18(14-17)16-23-10-12-24(13-11-23)20(25)15-22-21(26)19-8-3-2-4-9-19/h2-9,14H,10-13,15-16H2,1H3,(H,22,26). The predicted octanol–water partition coefficient (Wildman–Crippen LogP) is 2.07. The molecule has 0 aliphatic carbocycles. The molecule has 1 fully saturated rings. The van der Waals surface area contributed by atoms with Crippen molar-refractivity contribution in [2.24, 2.45) is 0 Å². The second-order valence-electron chi connectivity index (χ2n) is 6.69. The van der Waals surface area contributed by atoms with Gasteiger partial charge in [-0.3, -0.25) is 14.5 Å². The number of hydrogen-bond acceptors (Lipinski definition) is 3. The Labute approximate surface area is 154 Å². The molecule has 0 unspecified atom stereocenters. The molecule has 2 aromatic rings. The van der Waals surface area contributed by atoms with Crippen LogP contribution in [-0.4, -0.2) is 54.3 Å². The van der Waals surface area contributed by atoms with E-state index >= 15 is 0 Å².